The van der Waals surface area contributed by atoms with Gasteiger partial charge in [0.1, 0.15) is 0 Å². The fourth-order valence-corrected chi connectivity index (χ4v) is 4.30. The molecule has 2 aromatic heterocycles. The lowest BCUT2D eigenvalue weighted by molar-refractivity contribution is -0.155. The van der Waals surface area contributed by atoms with Gasteiger partial charge in [0.15, 0.2) is 0 Å². The van der Waals surface area contributed by atoms with E-state index in [1.54, 1.807) is 0 Å². The fourth-order valence-electron chi connectivity index (χ4n) is 4.30. The van der Waals surface area contributed by atoms with E-state index in [2.05, 4.69) is 27.0 Å². The van der Waals surface area contributed by atoms with Crippen LogP contribution in [0.2, 0.25) is 0 Å². The highest BCUT2D eigenvalue weighted by Gasteiger charge is 2.46. The molecule has 2 saturated heterocycles. The van der Waals surface area contributed by atoms with E-state index >= 15 is 0 Å². The molecule has 26 heavy (non-hydrogen) atoms. The van der Waals surface area contributed by atoms with Gasteiger partial charge < -0.3 is 9.47 Å². The first kappa shape index (κ1) is 17.6. The second-order valence-electron chi connectivity index (χ2n) is 7.49. The molecule has 0 bridgehead atoms. The lowest BCUT2D eigenvalue weighted by atomic mass is 9.73. The standard InChI is InChI=1S/C21H27N3O2/c1-2-9-23-19(4-1)14-24-12-7-20-21(16-24,8-3-13-26-20)17-25-15-18-5-10-22-11-6-18/h1-2,4-6,9-11,20H,3,7-8,12-17H2/t20-,21-/m0/s1. The molecule has 0 aliphatic carbocycles. The molecular weight excluding hydrogens is 326 g/mol. The minimum Gasteiger partial charge on any atom is -0.377 e. The third kappa shape index (κ3) is 4.11. The molecule has 0 saturated carbocycles. The number of hydrogen-bond donors (Lipinski definition) is 0. The second-order valence-corrected chi connectivity index (χ2v) is 7.49. The van der Waals surface area contributed by atoms with E-state index in [9.17, 15) is 0 Å². The molecule has 2 aromatic rings. The Morgan fingerprint density at radius 2 is 2.12 bits per heavy atom. The SMILES string of the molecule is c1ccc(CN2CC[C@@H]3OCCC[C@@]3(COCc3ccncc3)C2)nc1. The number of nitrogens with zero attached hydrogens (tertiary/aromatic N) is 3. The Balaban J connectivity index is 1.41. The molecule has 0 aromatic carbocycles. The largest absolute Gasteiger partial charge is 0.377 e. The van der Waals surface area contributed by atoms with Gasteiger partial charge in [-0.05, 0) is 49.1 Å². The molecule has 5 heteroatoms. The van der Waals surface area contributed by atoms with E-state index in [0.29, 0.717) is 12.7 Å². The molecule has 4 rings (SSSR count). The van der Waals surface area contributed by atoms with Gasteiger partial charge in [-0.25, -0.2) is 0 Å². The Labute approximate surface area is 155 Å². The van der Waals surface area contributed by atoms with Crippen LogP contribution in [-0.4, -0.2) is 47.3 Å². The van der Waals surface area contributed by atoms with E-state index in [1.807, 2.05) is 36.8 Å². The van der Waals surface area contributed by atoms with Crippen LogP contribution in [0.15, 0.2) is 48.9 Å². The van der Waals surface area contributed by atoms with E-state index in [-0.39, 0.29) is 5.41 Å². The molecule has 2 aliphatic rings. The molecule has 0 amide bonds. The van der Waals surface area contributed by atoms with Crippen molar-refractivity contribution >= 4 is 0 Å². The first-order valence-electron chi connectivity index (χ1n) is 9.55. The number of rotatable bonds is 6. The van der Waals surface area contributed by atoms with Crippen LogP contribution in [0.3, 0.4) is 0 Å². The summed E-state index contributed by atoms with van der Waals surface area (Å²) in [6.45, 7) is 5.25. The molecule has 2 fully saturated rings. The van der Waals surface area contributed by atoms with Gasteiger partial charge in [0.25, 0.3) is 0 Å². The van der Waals surface area contributed by atoms with Crippen molar-refractivity contribution in [2.45, 2.75) is 38.5 Å². The average Bonchev–Trinajstić information content (AvgIpc) is 2.69. The predicted octanol–water partition coefficient (Wildman–Crippen LogP) is 3.06. The van der Waals surface area contributed by atoms with E-state index in [0.717, 1.165) is 51.4 Å². The minimum absolute atomic E-state index is 0.0955. The van der Waals surface area contributed by atoms with Crippen molar-refractivity contribution in [3.8, 4) is 0 Å². The van der Waals surface area contributed by atoms with Gasteiger partial charge in [-0.15, -0.1) is 0 Å². The summed E-state index contributed by atoms with van der Waals surface area (Å²) in [7, 11) is 0. The number of pyridine rings is 2. The maximum Gasteiger partial charge on any atom is 0.0718 e. The van der Waals surface area contributed by atoms with Crippen molar-refractivity contribution in [3.05, 3.63) is 60.2 Å². The van der Waals surface area contributed by atoms with Crippen LogP contribution >= 0.6 is 0 Å². The van der Waals surface area contributed by atoms with E-state index < -0.39 is 0 Å². The number of piperidine rings is 1. The number of fused-ring (bicyclic) bond motifs is 1. The summed E-state index contributed by atoms with van der Waals surface area (Å²) >= 11 is 0. The highest BCUT2D eigenvalue weighted by molar-refractivity contribution is 5.08. The minimum atomic E-state index is 0.0955. The van der Waals surface area contributed by atoms with Crippen molar-refractivity contribution in [1.82, 2.24) is 14.9 Å². The second kappa shape index (κ2) is 8.25. The average molecular weight is 353 g/mol. The summed E-state index contributed by atoms with van der Waals surface area (Å²) in [6.07, 6.45) is 9.19. The molecule has 0 N–H and O–H groups in total. The van der Waals surface area contributed by atoms with Crippen LogP contribution in [-0.2, 0) is 22.6 Å². The van der Waals surface area contributed by atoms with Gasteiger partial charge in [0.2, 0.25) is 0 Å². The zero-order valence-electron chi connectivity index (χ0n) is 15.2. The van der Waals surface area contributed by atoms with Crippen molar-refractivity contribution in [2.75, 3.05) is 26.3 Å². The number of likely N-dealkylation sites (tertiary alicyclic amines) is 1. The molecular formula is C21H27N3O2. The Morgan fingerprint density at radius 1 is 1.19 bits per heavy atom. The third-order valence-corrected chi connectivity index (χ3v) is 5.59. The monoisotopic (exact) mass is 353 g/mol. The summed E-state index contributed by atoms with van der Waals surface area (Å²) in [5.41, 5.74) is 2.40. The van der Waals surface area contributed by atoms with Crippen LogP contribution in [0, 0.1) is 5.41 Å². The maximum atomic E-state index is 6.17. The fraction of sp³-hybridized carbons (Fsp3) is 0.524. The smallest absolute Gasteiger partial charge is 0.0718 e. The van der Waals surface area contributed by atoms with Gasteiger partial charge in [-0.3, -0.25) is 14.9 Å². The quantitative estimate of drug-likeness (QED) is 0.799. The van der Waals surface area contributed by atoms with E-state index in [4.69, 9.17) is 9.47 Å². The maximum absolute atomic E-state index is 6.17. The van der Waals surface area contributed by atoms with Gasteiger partial charge >= 0.3 is 0 Å². The van der Waals surface area contributed by atoms with Crippen LogP contribution in [0.25, 0.3) is 0 Å². The summed E-state index contributed by atoms with van der Waals surface area (Å²) in [4.78, 5) is 11.1. The molecule has 2 aliphatic heterocycles. The Hall–Kier alpha value is -1.82. The molecule has 4 heterocycles. The predicted molar refractivity (Wildman–Crippen MR) is 99.4 cm³/mol. The van der Waals surface area contributed by atoms with Gasteiger partial charge in [0.05, 0.1) is 25.0 Å². The van der Waals surface area contributed by atoms with Crippen LogP contribution in [0.4, 0.5) is 0 Å². The Morgan fingerprint density at radius 3 is 2.96 bits per heavy atom. The van der Waals surface area contributed by atoms with Crippen molar-refractivity contribution in [2.24, 2.45) is 5.41 Å². The zero-order chi connectivity index (χ0) is 17.7. The Bertz CT molecular complexity index is 682. The van der Waals surface area contributed by atoms with Crippen molar-refractivity contribution < 1.29 is 9.47 Å². The summed E-state index contributed by atoms with van der Waals surface area (Å²) in [5.74, 6) is 0. The Kier molecular flexibility index (Phi) is 5.58. The topological polar surface area (TPSA) is 47.5 Å². The van der Waals surface area contributed by atoms with Crippen molar-refractivity contribution in [1.29, 1.82) is 0 Å². The third-order valence-electron chi connectivity index (χ3n) is 5.59. The van der Waals surface area contributed by atoms with Gasteiger partial charge in [0, 0.05) is 50.2 Å². The first-order valence-corrected chi connectivity index (χ1v) is 9.55. The summed E-state index contributed by atoms with van der Waals surface area (Å²) in [6, 6.07) is 10.2. The van der Waals surface area contributed by atoms with Gasteiger partial charge in [-0.2, -0.15) is 0 Å². The number of ether oxygens (including phenoxy) is 2. The molecule has 5 nitrogen and oxygen atoms in total. The van der Waals surface area contributed by atoms with Crippen molar-refractivity contribution in [3.63, 3.8) is 0 Å². The van der Waals surface area contributed by atoms with Crippen LogP contribution in [0.5, 0.6) is 0 Å². The molecule has 138 valence electrons. The number of aromatic nitrogens is 2. The van der Waals surface area contributed by atoms with Crippen LogP contribution < -0.4 is 0 Å². The molecule has 2 atom stereocenters. The molecule has 0 spiro atoms. The highest BCUT2D eigenvalue weighted by Crippen LogP contribution is 2.40. The summed E-state index contributed by atoms with van der Waals surface area (Å²) < 4.78 is 12.3. The highest BCUT2D eigenvalue weighted by atomic mass is 16.5. The summed E-state index contributed by atoms with van der Waals surface area (Å²) in [5, 5.41) is 0. The van der Waals surface area contributed by atoms with E-state index in [1.165, 1.54) is 12.0 Å². The zero-order valence-corrected chi connectivity index (χ0v) is 15.2. The normalized spacial score (nSPS) is 26.4. The lowest BCUT2D eigenvalue weighted by Crippen LogP contribution is -2.56. The first-order chi connectivity index (χ1) is 12.8. The van der Waals surface area contributed by atoms with Gasteiger partial charge in [-0.1, -0.05) is 6.07 Å². The lowest BCUT2D eigenvalue weighted by Gasteiger charge is -2.50. The number of hydrogen-bond acceptors (Lipinski definition) is 5. The van der Waals surface area contributed by atoms with Crippen LogP contribution in [0.1, 0.15) is 30.5 Å². The molecule has 0 radical (unpaired) electrons. The molecule has 0 unspecified atom stereocenters.